The molecule has 0 unspecified atom stereocenters. The smallest absolute Gasteiger partial charge is 0.251 e. The average Bonchev–Trinajstić information content (AvgIpc) is 3.46. The molecule has 0 heterocycles. The molecule has 1 aliphatic rings. The first kappa shape index (κ1) is 21.8. The molecule has 1 fully saturated rings. The van der Waals surface area contributed by atoms with E-state index in [1.54, 1.807) is 19.1 Å². The molecule has 0 radical (unpaired) electrons. The number of nitrogens with one attached hydrogen (secondary N) is 2. The van der Waals surface area contributed by atoms with Crippen molar-refractivity contribution >= 4 is 11.6 Å². The summed E-state index contributed by atoms with van der Waals surface area (Å²) in [7, 11) is 0. The predicted molar refractivity (Wildman–Crippen MR) is 123 cm³/mol. The van der Waals surface area contributed by atoms with Gasteiger partial charge in [0.25, 0.3) is 5.91 Å². The lowest BCUT2D eigenvalue weighted by molar-refractivity contribution is 0.0913. The Morgan fingerprint density at radius 1 is 1.13 bits per heavy atom. The lowest BCUT2D eigenvalue weighted by Gasteiger charge is -2.26. The fourth-order valence-corrected chi connectivity index (χ4v) is 3.69. The fourth-order valence-electron chi connectivity index (χ4n) is 3.69. The number of carbonyl (C=O) groups excluding carboxylic acids is 1. The second kappa shape index (κ2) is 8.47. The monoisotopic (exact) mass is 406 g/mol. The van der Waals surface area contributed by atoms with Gasteiger partial charge in [-0.2, -0.15) is 0 Å². The first-order valence-corrected chi connectivity index (χ1v) is 10.4. The van der Waals surface area contributed by atoms with E-state index in [-0.39, 0.29) is 17.3 Å². The van der Waals surface area contributed by atoms with Gasteiger partial charge >= 0.3 is 0 Å². The van der Waals surface area contributed by atoms with E-state index in [1.165, 1.54) is 6.07 Å². The lowest BCUT2D eigenvalue weighted by Crippen LogP contribution is -2.43. The summed E-state index contributed by atoms with van der Waals surface area (Å²) in [5, 5.41) is 6.39. The minimum Gasteiger partial charge on any atom is -0.382 e. The zero-order valence-corrected chi connectivity index (χ0v) is 18.4. The van der Waals surface area contributed by atoms with Crippen LogP contribution in [-0.4, -0.2) is 17.5 Å². The van der Waals surface area contributed by atoms with Crippen LogP contribution in [0.3, 0.4) is 0 Å². The van der Waals surface area contributed by atoms with Crippen LogP contribution in [0.15, 0.2) is 55.1 Å². The van der Waals surface area contributed by atoms with Crippen LogP contribution < -0.4 is 10.6 Å². The second-order valence-corrected chi connectivity index (χ2v) is 9.08. The molecule has 2 aromatic carbocycles. The molecule has 1 aliphatic carbocycles. The van der Waals surface area contributed by atoms with Crippen molar-refractivity contribution in [2.75, 3.05) is 0 Å². The number of benzene rings is 2. The van der Waals surface area contributed by atoms with E-state index in [0.717, 1.165) is 40.8 Å². The highest BCUT2D eigenvalue weighted by Gasteiger charge is 2.23. The van der Waals surface area contributed by atoms with Crippen molar-refractivity contribution in [2.24, 2.45) is 0 Å². The van der Waals surface area contributed by atoms with Crippen molar-refractivity contribution in [1.82, 2.24) is 10.6 Å². The lowest BCUT2D eigenvalue weighted by atomic mass is 9.94. The number of rotatable bonds is 8. The Bertz CT molecular complexity index is 985. The summed E-state index contributed by atoms with van der Waals surface area (Å²) < 4.78 is 14.6. The molecule has 2 N–H and O–H groups in total. The normalized spacial score (nSPS) is 13.6. The molecule has 158 valence electrons. The Hall–Kier alpha value is -2.88. The number of hydrogen-bond donors (Lipinski definition) is 2. The van der Waals surface area contributed by atoms with E-state index in [9.17, 15) is 9.18 Å². The molecule has 4 heteroatoms. The molecule has 0 spiro atoms. The van der Waals surface area contributed by atoms with Crippen molar-refractivity contribution < 1.29 is 9.18 Å². The second-order valence-electron chi connectivity index (χ2n) is 9.08. The van der Waals surface area contributed by atoms with Crippen LogP contribution in [-0.2, 0) is 0 Å². The molecule has 0 saturated heterocycles. The van der Waals surface area contributed by atoms with E-state index >= 15 is 0 Å². The summed E-state index contributed by atoms with van der Waals surface area (Å²) in [4.78, 5) is 12.6. The molecule has 0 atom stereocenters. The minimum atomic E-state index is -0.370. The molecule has 3 nitrogen and oxygen atoms in total. The molecule has 0 bridgehead atoms. The summed E-state index contributed by atoms with van der Waals surface area (Å²) in [5.74, 6) is -0.393. The standard InChI is InChI=1S/C26H31FN2O/c1-16(2)15-26(5,6)29-25(30)20-9-7-19(8-10-20)23-13-21(14-24(27)17(23)3)18(4)28-22-11-12-22/h7-10,13-14,22,28H,1,4,11-12,15H2,2-3,5-6H3,(H,29,30). The maximum Gasteiger partial charge on any atom is 0.251 e. The van der Waals surface area contributed by atoms with Gasteiger partial charge in [0.15, 0.2) is 0 Å². The highest BCUT2D eigenvalue weighted by molar-refractivity contribution is 5.95. The molecule has 30 heavy (non-hydrogen) atoms. The summed E-state index contributed by atoms with van der Waals surface area (Å²) in [5.41, 5.74) is 4.97. The molecule has 1 amide bonds. The largest absolute Gasteiger partial charge is 0.382 e. The van der Waals surface area contributed by atoms with Crippen LogP contribution in [0.4, 0.5) is 4.39 Å². The van der Waals surface area contributed by atoms with Gasteiger partial charge in [0.1, 0.15) is 5.82 Å². The van der Waals surface area contributed by atoms with Gasteiger partial charge in [0, 0.05) is 28.4 Å². The van der Waals surface area contributed by atoms with Gasteiger partial charge in [-0.25, -0.2) is 4.39 Å². The van der Waals surface area contributed by atoms with Crippen LogP contribution in [0.1, 0.15) is 61.5 Å². The minimum absolute atomic E-state index is 0.133. The van der Waals surface area contributed by atoms with Crippen LogP contribution >= 0.6 is 0 Å². The van der Waals surface area contributed by atoms with Crippen molar-refractivity contribution in [2.45, 2.75) is 58.5 Å². The zero-order chi connectivity index (χ0) is 22.1. The van der Waals surface area contributed by atoms with E-state index in [2.05, 4.69) is 23.8 Å². The molecule has 3 rings (SSSR count). The molecule has 0 aliphatic heterocycles. The van der Waals surface area contributed by atoms with Crippen LogP contribution in [0.5, 0.6) is 0 Å². The van der Waals surface area contributed by atoms with Gasteiger partial charge < -0.3 is 10.6 Å². The maximum absolute atomic E-state index is 14.6. The highest BCUT2D eigenvalue weighted by atomic mass is 19.1. The summed E-state index contributed by atoms with van der Waals surface area (Å²) in [6, 6.07) is 11.2. The Morgan fingerprint density at radius 2 is 1.77 bits per heavy atom. The van der Waals surface area contributed by atoms with Crippen molar-refractivity contribution in [3.05, 3.63) is 77.6 Å². The zero-order valence-electron chi connectivity index (χ0n) is 18.4. The van der Waals surface area contributed by atoms with Crippen molar-refractivity contribution in [3.8, 4) is 11.1 Å². The molecule has 2 aromatic rings. The van der Waals surface area contributed by atoms with E-state index in [1.807, 2.05) is 39.0 Å². The van der Waals surface area contributed by atoms with E-state index < -0.39 is 0 Å². The van der Waals surface area contributed by atoms with Crippen LogP contribution in [0.25, 0.3) is 16.8 Å². The maximum atomic E-state index is 14.6. The third kappa shape index (κ3) is 5.38. The third-order valence-electron chi connectivity index (χ3n) is 5.30. The average molecular weight is 407 g/mol. The quantitative estimate of drug-likeness (QED) is 0.528. The van der Waals surface area contributed by atoms with Gasteiger partial charge in [0.05, 0.1) is 0 Å². The highest BCUT2D eigenvalue weighted by Crippen LogP contribution is 2.30. The first-order valence-electron chi connectivity index (χ1n) is 10.4. The number of hydrogen-bond acceptors (Lipinski definition) is 2. The number of amides is 1. The molecular weight excluding hydrogens is 375 g/mol. The first-order chi connectivity index (χ1) is 14.1. The van der Waals surface area contributed by atoms with Gasteiger partial charge in [-0.15, -0.1) is 6.58 Å². The Morgan fingerprint density at radius 3 is 2.33 bits per heavy atom. The third-order valence-corrected chi connectivity index (χ3v) is 5.30. The van der Waals surface area contributed by atoms with E-state index in [4.69, 9.17) is 0 Å². The van der Waals surface area contributed by atoms with Gasteiger partial charge in [0.2, 0.25) is 0 Å². The molecule has 1 saturated carbocycles. The van der Waals surface area contributed by atoms with Crippen LogP contribution in [0.2, 0.25) is 0 Å². The van der Waals surface area contributed by atoms with Crippen LogP contribution in [0, 0.1) is 12.7 Å². The topological polar surface area (TPSA) is 41.1 Å². The molecular formula is C26H31FN2O. The van der Waals surface area contributed by atoms with Gasteiger partial charge in [-0.1, -0.05) is 24.3 Å². The summed E-state index contributed by atoms with van der Waals surface area (Å²) in [6.45, 7) is 15.7. The summed E-state index contributed by atoms with van der Waals surface area (Å²) in [6.07, 6.45) is 2.97. The SMILES string of the molecule is C=C(C)CC(C)(C)NC(=O)c1ccc(-c2cc(C(=C)NC3CC3)cc(F)c2C)cc1. The Labute approximate surface area is 179 Å². The Balaban J connectivity index is 1.81. The van der Waals surface area contributed by atoms with Crippen molar-refractivity contribution in [3.63, 3.8) is 0 Å². The van der Waals surface area contributed by atoms with Crippen molar-refractivity contribution in [1.29, 1.82) is 0 Å². The van der Waals surface area contributed by atoms with Gasteiger partial charge in [-0.05, 0) is 87.9 Å². The number of halogens is 1. The number of carbonyl (C=O) groups is 1. The molecule has 0 aromatic heterocycles. The Kier molecular flexibility index (Phi) is 6.16. The van der Waals surface area contributed by atoms with E-state index in [0.29, 0.717) is 23.6 Å². The van der Waals surface area contributed by atoms with Gasteiger partial charge in [-0.3, -0.25) is 4.79 Å². The summed E-state index contributed by atoms with van der Waals surface area (Å²) >= 11 is 0. The predicted octanol–water partition coefficient (Wildman–Crippen LogP) is 6.00. The fraction of sp³-hybridized carbons (Fsp3) is 0.346.